The molecule has 1 N–H and O–H groups in total. The van der Waals surface area contributed by atoms with Crippen LogP contribution in [-0.2, 0) is 0 Å². The second-order valence-corrected chi connectivity index (χ2v) is 14.3. The molecule has 9 unspecified atom stereocenters. The highest BCUT2D eigenvalue weighted by molar-refractivity contribution is 5.33. The van der Waals surface area contributed by atoms with Gasteiger partial charge in [-0.25, -0.2) is 0 Å². The molecule has 0 saturated heterocycles. The molecule has 1 heteroatoms. The van der Waals surface area contributed by atoms with E-state index in [1.165, 1.54) is 56.9 Å². The molecule has 0 radical (unpaired) electrons. The van der Waals surface area contributed by atoms with Crippen LogP contribution < -0.4 is 0 Å². The fourth-order valence-corrected chi connectivity index (χ4v) is 10.7. The van der Waals surface area contributed by atoms with Crippen molar-refractivity contribution in [3.8, 4) is 0 Å². The minimum atomic E-state index is -0.187. The fraction of sp³-hybridized carbons (Fsp3) is 0.867. The van der Waals surface area contributed by atoms with Gasteiger partial charge in [0.05, 0.1) is 6.10 Å². The lowest BCUT2D eigenvalue weighted by atomic mass is 9.34. The van der Waals surface area contributed by atoms with Crippen LogP contribution in [-0.4, -0.2) is 11.2 Å². The van der Waals surface area contributed by atoms with Gasteiger partial charge < -0.3 is 5.11 Å². The Morgan fingerprint density at radius 2 is 1.61 bits per heavy atom. The Bertz CT molecular complexity index is 820. The molecule has 0 spiro atoms. The van der Waals surface area contributed by atoms with Crippen LogP contribution in [0.1, 0.15) is 106 Å². The Hall–Kier alpha value is -0.560. The minimum Gasteiger partial charge on any atom is -0.392 e. The van der Waals surface area contributed by atoms with Crippen molar-refractivity contribution in [2.24, 2.45) is 50.7 Å². The first-order chi connectivity index (χ1) is 14.3. The van der Waals surface area contributed by atoms with Crippen molar-refractivity contribution < 1.29 is 5.11 Å². The van der Waals surface area contributed by atoms with E-state index in [0.717, 1.165) is 30.1 Å². The van der Waals surface area contributed by atoms with Crippen molar-refractivity contribution in [2.75, 3.05) is 0 Å². The van der Waals surface area contributed by atoms with Crippen LogP contribution in [0.4, 0.5) is 0 Å². The molecular weight excluding hydrogens is 376 g/mol. The number of aliphatic hydroxyl groups is 1. The molecule has 4 fully saturated rings. The Morgan fingerprint density at radius 3 is 2.29 bits per heavy atom. The number of aliphatic hydroxyl groups excluding tert-OH is 1. The quantitative estimate of drug-likeness (QED) is 0.423. The molecule has 0 heterocycles. The maximum atomic E-state index is 10.9. The largest absolute Gasteiger partial charge is 0.392 e. The van der Waals surface area contributed by atoms with Crippen molar-refractivity contribution in [3.63, 3.8) is 0 Å². The van der Waals surface area contributed by atoms with Crippen LogP contribution in [0, 0.1) is 50.7 Å². The highest BCUT2D eigenvalue weighted by atomic mass is 16.3. The number of rotatable bonds is 1. The summed E-state index contributed by atoms with van der Waals surface area (Å²) >= 11 is 0. The summed E-state index contributed by atoms with van der Waals surface area (Å²) < 4.78 is 0. The molecule has 5 rings (SSSR count). The zero-order valence-corrected chi connectivity index (χ0v) is 21.5. The molecule has 1 nitrogen and oxygen atoms in total. The monoisotopic (exact) mass is 424 g/mol. The van der Waals surface area contributed by atoms with Crippen molar-refractivity contribution in [3.05, 3.63) is 23.8 Å². The first kappa shape index (κ1) is 22.2. The maximum Gasteiger partial charge on any atom is 0.0628 e. The summed E-state index contributed by atoms with van der Waals surface area (Å²) in [7, 11) is 0. The van der Waals surface area contributed by atoms with Gasteiger partial charge in [0.2, 0.25) is 0 Å². The number of allylic oxidation sites excluding steroid dienone is 2. The Morgan fingerprint density at radius 1 is 0.903 bits per heavy atom. The summed E-state index contributed by atoms with van der Waals surface area (Å²) in [5.74, 6) is 3.17. The average molecular weight is 425 g/mol. The van der Waals surface area contributed by atoms with E-state index in [2.05, 4.69) is 61.1 Å². The van der Waals surface area contributed by atoms with E-state index in [1.807, 2.05) is 0 Å². The molecule has 5 aliphatic rings. The highest BCUT2D eigenvalue weighted by Gasteiger charge is 2.68. The average Bonchev–Trinajstić information content (AvgIpc) is 3.04. The second-order valence-electron chi connectivity index (χ2n) is 14.3. The van der Waals surface area contributed by atoms with Gasteiger partial charge in [-0.1, -0.05) is 65.3 Å². The molecule has 0 amide bonds. The first-order valence-electron chi connectivity index (χ1n) is 13.4. The summed E-state index contributed by atoms with van der Waals surface area (Å²) in [6.45, 7) is 22.0. The Labute approximate surface area is 192 Å². The van der Waals surface area contributed by atoms with Crippen LogP contribution in [0.25, 0.3) is 0 Å². The zero-order chi connectivity index (χ0) is 22.6. The SMILES string of the molecule is C=C(C)C1CCC2(C)CCC3(C)C(CCC4C5(C)CCC(O)C(C)(C)C5=CCC43C)C12. The third-order valence-corrected chi connectivity index (χ3v) is 12.8. The smallest absolute Gasteiger partial charge is 0.0628 e. The van der Waals surface area contributed by atoms with Crippen LogP contribution in [0.2, 0.25) is 0 Å². The molecule has 0 aliphatic heterocycles. The molecule has 31 heavy (non-hydrogen) atoms. The number of hydrogen-bond donors (Lipinski definition) is 1. The topological polar surface area (TPSA) is 20.2 Å². The third kappa shape index (κ3) is 2.59. The summed E-state index contributed by atoms with van der Waals surface area (Å²) in [4.78, 5) is 0. The van der Waals surface area contributed by atoms with Gasteiger partial charge in [0, 0.05) is 5.41 Å². The maximum absolute atomic E-state index is 10.9. The fourth-order valence-electron chi connectivity index (χ4n) is 10.7. The predicted octanol–water partition coefficient (Wildman–Crippen LogP) is 7.94. The van der Waals surface area contributed by atoms with Gasteiger partial charge in [-0.15, -0.1) is 0 Å². The number of fused-ring (bicyclic) bond motifs is 7. The summed E-state index contributed by atoms with van der Waals surface area (Å²) in [6, 6.07) is 0. The van der Waals surface area contributed by atoms with E-state index in [1.54, 1.807) is 5.57 Å². The lowest BCUT2D eigenvalue weighted by Crippen LogP contribution is -2.63. The summed E-state index contributed by atoms with van der Waals surface area (Å²) in [6.07, 6.45) is 14.2. The highest BCUT2D eigenvalue weighted by Crippen LogP contribution is 2.76. The second kappa shape index (κ2) is 6.52. The lowest BCUT2D eigenvalue weighted by molar-refractivity contribution is -0.192. The molecule has 0 bridgehead atoms. The predicted molar refractivity (Wildman–Crippen MR) is 131 cm³/mol. The van der Waals surface area contributed by atoms with Crippen LogP contribution in [0.15, 0.2) is 23.8 Å². The van der Waals surface area contributed by atoms with Crippen molar-refractivity contribution in [1.82, 2.24) is 0 Å². The van der Waals surface area contributed by atoms with Gasteiger partial charge >= 0.3 is 0 Å². The molecule has 4 saturated carbocycles. The van der Waals surface area contributed by atoms with Gasteiger partial charge in [0.15, 0.2) is 0 Å². The Kier molecular flexibility index (Phi) is 4.68. The van der Waals surface area contributed by atoms with E-state index >= 15 is 0 Å². The zero-order valence-electron chi connectivity index (χ0n) is 21.5. The third-order valence-electron chi connectivity index (χ3n) is 12.8. The van der Waals surface area contributed by atoms with E-state index in [9.17, 15) is 5.11 Å². The van der Waals surface area contributed by atoms with E-state index < -0.39 is 0 Å². The van der Waals surface area contributed by atoms with E-state index in [4.69, 9.17) is 0 Å². The summed E-state index contributed by atoms with van der Waals surface area (Å²) in [5.41, 5.74) is 4.55. The Balaban J connectivity index is 1.59. The molecule has 0 aromatic heterocycles. The molecule has 5 aliphatic carbocycles. The summed E-state index contributed by atoms with van der Waals surface area (Å²) in [5, 5.41) is 10.9. The van der Waals surface area contributed by atoms with Gasteiger partial charge in [0.1, 0.15) is 0 Å². The van der Waals surface area contributed by atoms with Crippen LogP contribution in [0.5, 0.6) is 0 Å². The van der Waals surface area contributed by atoms with Crippen molar-refractivity contribution >= 4 is 0 Å². The lowest BCUT2D eigenvalue weighted by Gasteiger charge is -2.70. The van der Waals surface area contributed by atoms with E-state index in [-0.39, 0.29) is 16.9 Å². The van der Waals surface area contributed by atoms with Gasteiger partial charge in [0.25, 0.3) is 0 Å². The molecule has 0 aromatic rings. The van der Waals surface area contributed by atoms with Crippen LogP contribution >= 0.6 is 0 Å². The van der Waals surface area contributed by atoms with E-state index in [0.29, 0.717) is 16.2 Å². The normalized spacial score (nSPS) is 55.4. The van der Waals surface area contributed by atoms with Gasteiger partial charge in [-0.2, -0.15) is 0 Å². The van der Waals surface area contributed by atoms with Gasteiger partial charge in [-0.05, 0) is 110 Å². The minimum absolute atomic E-state index is 0.0757. The molecule has 9 atom stereocenters. The standard InChI is InChI=1S/C30H48O/c1-19(2)20-11-14-27(5)17-18-29(7)21(25(20)27)9-10-23-28(6)15-13-24(31)26(3,4)22(28)12-16-30(23,29)8/h12,20-21,23-25,31H,1,9-11,13-18H2,2-8H3. The molecule has 174 valence electrons. The van der Waals surface area contributed by atoms with Crippen LogP contribution in [0.3, 0.4) is 0 Å². The number of hydrogen-bond acceptors (Lipinski definition) is 1. The molecule has 0 aromatic carbocycles. The molecular formula is C30H48O. The van der Waals surface area contributed by atoms with Gasteiger partial charge in [-0.3, -0.25) is 0 Å². The van der Waals surface area contributed by atoms with Crippen molar-refractivity contribution in [2.45, 2.75) is 112 Å². The first-order valence-corrected chi connectivity index (χ1v) is 13.4. The van der Waals surface area contributed by atoms with Crippen molar-refractivity contribution in [1.29, 1.82) is 0 Å².